The monoisotopic (exact) mass is 208 g/mol. The van der Waals surface area contributed by atoms with Crippen LogP contribution in [0.2, 0.25) is 0 Å². The van der Waals surface area contributed by atoms with E-state index in [2.05, 4.69) is 0 Å². The summed E-state index contributed by atoms with van der Waals surface area (Å²) in [6.07, 6.45) is -0.173. The third kappa shape index (κ3) is 4.43. The Morgan fingerprint density at radius 2 is 1.85 bits per heavy atom. The molecular weight excluding hydrogens is 196 g/mol. The van der Waals surface area contributed by atoms with Gasteiger partial charge in [-0.25, -0.2) is 0 Å². The second kappa shape index (κ2) is 4.19. The Bertz CT molecular complexity index is 310. The predicted octanol–water partition coefficient (Wildman–Crippen LogP) is -1.11. The number of amidine groups is 2. The van der Waals surface area contributed by atoms with Gasteiger partial charge in [-0.15, -0.1) is 0 Å². The van der Waals surface area contributed by atoms with Crippen LogP contribution in [0.25, 0.3) is 0 Å². The molecule has 0 aliphatic heterocycles. The first-order valence-corrected chi connectivity index (χ1v) is 4.88. The highest BCUT2D eigenvalue weighted by atomic mass is 32.2. The molecule has 1 atom stereocenters. The molecule has 0 radical (unpaired) electrons. The van der Waals surface area contributed by atoms with Gasteiger partial charge in [-0.2, -0.15) is 8.42 Å². The normalized spacial score (nSPS) is 13.6. The van der Waals surface area contributed by atoms with Crippen molar-refractivity contribution in [3.63, 3.8) is 0 Å². The highest BCUT2D eigenvalue weighted by Crippen LogP contribution is 2.06. The SMILES string of the molecule is N=C(N)CCC(C(=N)N)S(=O)(=O)O. The van der Waals surface area contributed by atoms with Crippen LogP contribution in [0.15, 0.2) is 0 Å². The molecule has 0 fully saturated rings. The average molecular weight is 208 g/mol. The molecule has 0 spiro atoms. The Morgan fingerprint density at radius 3 is 2.08 bits per heavy atom. The first-order chi connectivity index (χ1) is 5.75. The summed E-state index contributed by atoms with van der Waals surface area (Å²) in [6.45, 7) is 0. The first-order valence-electron chi connectivity index (χ1n) is 3.38. The number of rotatable bonds is 5. The number of hydrogen-bond acceptors (Lipinski definition) is 4. The topological polar surface area (TPSA) is 154 Å². The maximum Gasteiger partial charge on any atom is 0.275 e. The zero-order valence-electron chi connectivity index (χ0n) is 6.82. The van der Waals surface area contributed by atoms with Gasteiger partial charge in [0.1, 0.15) is 11.1 Å². The lowest BCUT2D eigenvalue weighted by molar-refractivity contribution is 0.474. The summed E-state index contributed by atoms with van der Waals surface area (Å²) in [7, 11) is -4.36. The van der Waals surface area contributed by atoms with E-state index >= 15 is 0 Å². The van der Waals surface area contributed by atoms with Gasteiger partial charge in [-0.3, -0.25) is 15.4 Å². The molecule has 0 rings (SSSR count). The van der Waals surface area contributed by atoms with Gasteiger partial charge in [0.05, 0.1) is 5.84 Å². The zero-order chi connectivity index (χ0) is 10.6. The van der Waals surface area contributed by atoms with E-state index < -0.39 is 21.2 Å². The lowest BCUT2D eigenvalue weighted by Crippen LogP contribution is -2.35. The second-order valence-electron chi connectivity index (χ2n) is 2.52. The highest BCUT2D eigenvalue weighted by molar-refractivity contribution is 7.87. The summed E-state index contributed by atoms with van der Waals surface area (Å²) in [5, 5.41) is 12.2. The van der Waals surface area contributed by atoms with Crippen LogP contribution in [0, 0.1) is 10.8 Å². The van der Waals surface area contributed by atoms with Crippen molar-refractivity contribution >= 4 is 21.8 Å². The van der Waals surface area contributed by atoms with Crippen LogP contribution in [0.3, 0.4) is 0 Å². The lowest BCUT2D eigenvalue weighted by Gasteiger charge is -2.10. The molecule has 7 nitrogen and oxygen atoms in total. The van der Waals surface area contributed by atoms with Crippen LogP contribution in [-0.2, 0) is 10.1 Å². The van der Waals surface area contributed by atoms with E-state index in [0.717, 1.165) is 0 Å². The van der Waals surface area contributed by atoms with Gasteiger partial charge in [0.15, 0.2) is 0 Å². The summed E-state index contributed by atoms with van der Waals surface area (Å²) in [5.41, 5.74) is 9.92. The second-order valence-corrected chi connectivity index (χ2v) is 4.12. The molecule has 0 aromatic heterocycles. The van der Waals surface area contributed by atoms with Gasteiger partial charge >= 0.3 is 0 Å². The van der Waals surface area contributed by atoms with Crippen molar-refractivity contribution in [2.24, 2.45) is 11.5 Å². The molecule has 0 bridgehead atoms. The zero-order valence-corrected chi connectivity index (χ0v) is 7.63. The van der Waals surface area contributed by atoms with Crippen LogP contribution in [0.1, 0.15) is 12.8 Å². The Balaban J connectivity index is 4.47. The quantitative estimate of drug-likeness (QED) is 0.220. The molecule has 0 aromatic rings. The molecule has 0 aliphatic carbocycles. The molecule has 0 saturated carbocycles. The van der Waals surface area contributed by atoms with Gasteiger partial charge in [-0.1, -0.05) is 0 Å². The van der Waals surface area contributed by atoms with Gasteiger partial charge in [0.2, 0.25) is 0 Å². The molecule has 76 valence electrons. The molecule has 0 aliphatic rings. The standard InChI is InChI=1S/C5H12N4O3S/c6-4(7)2-1-3(5(8)9)13(10,11)12/h3H,1-2H2,(H3,6,7)(H3,8,9)(H,10,11,12). The minimum atomic E-state index is -4.36. The molecule has 0 aromatic carbocycles. The van der Waals surface area contributed by atoms with E-state index in [-0.39, 0.29) is 18.7 Å². The highest BCUT2D eigenvalue weighted by Gasteiger charge is 2.25. The van der Waals surface area contributed by atoms with Crippen molar-refractivity contribution in [1.29, 1.82) is 10.8 Å². The maximum atomic E-state index is 10.6. The maximum absolute atomic E-state index is 10.6. The van der Waals surface area contributed by atoms with Gasteiger partial charge in [0, 0.05) is 6.42 Å². The largest absolute Gasteiger partial charge is 0.388 e. The first kappa shape index (κ1) is 11.8. The van der Waals surface area contributed by atoms with Crippen molar-refractivity contribution in [3.05, 3.63) is 0 Å². The van der Waals surface area contributed by atoms with E-state index in [1.54, 1.807) is 0 Å². The summed E-state index contributed by atoms with van der Waals surface area (Å²) in [4.78, 5) is 0. The Kier molecular flexibility index (Phi) is 3.82. The number of hydrogen-bond donors (Lipinski definition) is 5. The van der Waals surface area contributed by atoms with E-state index in [0.29, 0.717) is 0 Å². The number of nitrogens with two attached hydrogens (primary N) is 2. The lowest BCUT2D eigenvalue weighted by atomic mass is 10.2. The molecule has 8 heteroatoms. The summed E-state index contributed by atoms with van der Waals surface area (Å²) in [5.74, 6) is -0.862. The minimum absolute atomic E-state index is 0.0238. The average Bonchev–Trinajstić information content (AvgIpc) is 1.81. The third-order valence-corrected chi connectivity index (χ3v) is 2.59. The predicted molar refractivity (Wildman–Crippen MR) is 48.4 cm³/mol. The molecule has 0 amide bonds. The molecule has 0 saturated heterocycles. The minimum Gasteiger partial charge on any atom is -0.388 e. The fourth-order valence-electron chi connectivity index (χ4n) is 0.751. The fourth-order valence-corrected chi connectivity index (χ4v) is 1.49. The molecule has 7 N–H and O–H groups in total. The van der Waals surface area contributed by atoms with Crippen molar-refractivity contribution in [3.8, 4) is 0 Å². The van der Waals surface area contributed by atoms with E-state index in [4.69, 9.17) is 26.8 Å². The van der Waals surface area contributed by atoms with Crippen LogP contribution in [0.5, 0.6) is 0 Å². The summed E-state index contributed by atoms with van der Waals surface area (Å²) in [6, 6.07) is 0. The van der Waals surface area contributed by atoms with Crippen LogP contribution in [0.4, 0.5) is 0 Å². The van der Waals surface area contributed by atoms with Crippen LogP contribution < -0.4 is 11.5 Å². The smallest absolute Gasteiger partial charge is 0.275 e. The van der Waals surface area contributed by atoms with Gasteiger partial charge in [0.25, 0.3) is 10.1 Å². The van der Waals surface area contributed by atoms with Crippen LogP contribution in [-0.4, -0.2) is 29.9 Å². The van der Waals surface area contributed by atoms with E-state index in [1.165, 1.54) is 0 Å². The molecule has 1 unspecified atom stereocenters. The van der Waals surface area contributed by atoms with Crippen molar-refractivity contribution in [2.45, 2.75) is 18.1 Å². The van der Waals surface area contributed by atoms with Crippen LogP contribution >= 0.6 is 0 Å². The Labute approximate surface area is 75.9 Å². The Hall–Kier alpha value is -1.15. The fraction of sp³-hybridized carbons (Fsp3) is 0.600. The molecule has 0 heterocycles. The van der Waals surface area contributed by atoms with E-state index in [9.17, 15) is 8.42 Å². The van der Waals surface area contributed by atoms with Crippen molar-refractivity contribution in [1.82, 2.24) is 0 Å². The van der Waals surface area contributed by atoms with Gasteiger partial charge in [-0.05, 0) is 6.42 Å². The van der Waals surface area contributed by atoms with Gasteiger partial charge < -0.3 is 11.5 Å². The third-order valence-electron chi connectivity index (χ3n) is 1.38. The van der Waals surface area contributed by atoms with Crippen molar-refractivity contribution < 1.29 is 13.0 Å². The molecule has 13 heavy (non-hydrogen) atoms. The van der Waals surface area contributed by atoms with Crippen molar-refractivity contribution in [2.75, 3.05) is 0 Å². The van der Waals surface area contributed by atoms with E-state index in [1.807, 2.05) is 0 Å². The summed E-state index contributed by atoms with van der Waals surface area (Å²) < 4.78 is 29.8. The number of nitrogens with one attached hydrogen (secondary N) is 2. The summed E-state index contributed by atoms with van der Waals surface area (Å²) >= 11 is 0. The molecular formula is C5H12N4O3S. The Morgan fingerprint density at radius 1 is 1.38 bits per heavy atom.